The Labute approximate surface area is 228 Å². The molecule has 1 saturated heterocycles. The Morgan fingerprint density at radius 3 is 2.26 bits per heavy atom. The molecule has 0 saturated carbocycles. The Bertz CT molecular complexity index is 1680. The molecule has 192 valence electrons. The summed E-state index contributed by atoms with van der Waals surface area (Å²) in [4.78, 5) is 27.7. The topological polar surface area (TPSA) is 95.1 Å². The third kappa shape index (κ3) is 4.97. The van der Waals surface area contributed by atoms with Gasteiger partial charge in [0, 0.05) is 17.3 Å². The Morgan fingerprint density at radius 1 is 0.846 bits per heavy atom. The largest absolute Gasteiger partial charge is 0.497 e. The normalized spacial score (nSPS) is 14.4. The molecule has 6 rings (SSSR count). The predicted molar refractivity (Wildman–Crippen MR) is 148 cm³/mol. The van der Waals surface area contributed by atoms with E-state index in [1.165, 1.54) is 4.90 Å². The molecular formula is C29H22N6O3S. The van der Waals surface area contributed by atoms with Gasteiger partial charge in [-0.1, -0.05) is 53.7 Å². The van der Waals surface area contributed by atoms with E-state index in [0.29, 0.717) is 16.3 Å². The first-order valence-electron chi connectivity index (χ1n) is 12.1. The van der Waals surface area contributed by atoms with Gasteiger partial charge in [0.15, 0.2) is 0 Å². The summed E-state index contributed by atoms with van der Waals surface area (Å²) in [5.74, 6) is 0.351. The molecule has 0 radical (unpaired) electrons. The van der Waals surface area contributed by atoms with Gasteiger partial charge in [-0.05, 0) is 54.2 Å². The Hall–Kier alpha value is -4.96. The monoisotopic (exact) mass is 534 g/mol. The zero-order chi connectivity index (χ0) is 26.8. The minimum atomic E-state index is -0.379. The molecule has 9 nitrogen and oxygen atoms in total. The van der Waals surface area contributed by atoms with Crippen LogP contribution in [0.3, 0.4) is 0 Å². The molecule has 1 aliphatic rings. The van der Waals surface area contributed by atoms with E-state index in [-0.39, 0.29) is 17.7 Å². The van der Waals surface area contributed by atoms with Crippen molar-refractivity contribution in [3.8, 4) is 28.4 Å². The maximum Gasteiger partial charge on any atom is 0.293 e. The molecule has 2 amide bonds. The lowest BCUT2D eigenvalue weighted by Crippen LogP contribution is -2.27. The van der Waals surface area contributed by atoms with Crippen LogP contribution in [0.2, 0.25) is 0 Å². The number of carbonyl (C=O) groups excluding carboxylic acids is 2. The molecule has 10 heteroatoms. The predicted octanol–water partition coefficient (Wildman–Crippen LogP) is 5.37. The van der Waals surface area contributed by atoms with Gasteiger partial charge >= 0.3 is 0 Å². The molecule has 1 aliphatic heterocycles. The molecule has 0 aliphatic carbocycles. The second-order valence-electron chi connectivity index (χ2n) is 8.70. The van der Waals surface area contributed by atoms with Crippen LogP contribution < -0.4 is 4.74 Å². The third-order valence-corrected chi connectivity index (χ3v) is 7.08. The van der Waals surface area contributed by atoms with E-state index in [1.54, 1.807) is 28.7 Å². The van der Waals surface area contributed by atoms with Gasteiger partial charge in [-0.2, -0.15) is 5.10 Å². The number of imide groups is 1. The van der Waals surface area contributed by atoms with Crippen molar-refractivity contribution >= 4 is 29.0 Å². The van der Waals surface area contributed by atoms with Crippen LogP contribution in [0.1, 0.15) is 11.3 Å². The lowest BCUT2D eigenvalue weighted by atomic mass is 10.1. The molecule has 0 atom stereocenters. The number of nitrogens with zero attached hydrogens (tertiary/aromatic N) is 6. The molecule has 2 aromatic heterocycles. The summed E-state index contributed by atoms with van der Waals surface area (Å²) in [6, 6.07) is 26.8. The van der Waals surface area contributed by atoms with E-state index >= 15 is 0 Å². The number of ether oxygens (including phenoxy) is 1. The average Bonchev–Trinajstić information content (AvgIpc) is 3.69. The molecule has 1 fully saturated rings. The number of methoxy groups -OCH3 is 1. The van der Waals surface area contributed by atoms with Crippen molar-refractivity contribution in [2.45, 2.75) is 6.54 Å². The summed E-state index contributed by atoms with van der Waals surface area (Å²) >= 11 is 0.905. The molecular weight excluding hydrogens is 512 g/mol. The van der Waals surface area contributed by atoms with Crippen LogP contribution in [0.5, 0.6) is 5.75 Å². The first kappa shape index (κ1) is 24.4. The van der Waals surface area contributed by atoms with E-state index in [4.69, 9.17) is 9.84 Å². The summed E-state index contributed by atoms with van der Waals surface area (Å²) in [5, 5.41) is 12.7. The van der Waals surface area contributed by atoms with E-state index in [9.17, 15) is 9.59 Å². The minimum absolute atomic E-state index is 0.0208. The van der Waals surface area contributed by atoms with Gasteiger partial charge in [-0.15, -0.1) is 5.10 Å². The van der Waals surface area contributed by atoms with Gasteiger partial charge < -0.3 is 4.74 Å². The number of benzene rings is 3. The second-order valence-corrected chi connectivity index (χ2v) is 9.69. The molecule has 0 bridgehead atoms. The quantitative estimate of drug-likeness (QED) is 0.259. The molecule has 3 heterocycles. The van der Waals surface area contributed by atoms with Gasteiger partial charge in [0.1, 0.15) is 11.4 Å². The van der Waals surface area contributed by atoms with E-state index in [0.717, 1.165) is 40.0 Å². The smallest absolute Gasteiger partial charge is 0.293 e. The van der Waals surface area contributed by atoms with Crippen LogP contribution in [-0.4, -0.2) is 47.9 Å². The van der Waals surface area contributed by atoms with Crippen LogP contribution in [0.25, 0.3) is 28.7 Å². The fourth-order valence-corrected chi connectivity index (χ4v) is 5.03. The molecule has 0 unspecified atom stereocenters. The highest BCUT2D eigenvalue weighted by atomic mass is 32.2. The van der Waals surface area contributed by atoms with E-state index in [2.05, 4.69) is 10.3 Å². The lowest BCUT2D eigenvalue weighted by Gasteiger charge is -2.09. The second kappa shape index (κ2) is 10.4. The maximum atomic E-state index is 13.3. The van der Waals surface area contributed by atoms with Crippen molar-refractivity contribution in [3.05, 3.63) is 113 Å². The van der Waals surface area contributed by atoms with E-state index < -0.39 is 0 Å². The van der Waals surface area contributed by atoms with Gasteiger partial charge in [-0.3, -0.25) is 14.5 Å². The van der Waals surface area contributed by atoms with Crippen LogP contribution in [0.4, 0.5) is 4.79 Å². The Morgan fingerprint density at radius 2 is 1.54 bits per heavy atom. The first-order chi connectivity index (χ1) is 19.1. The highest BCUT2D eigenvalue weighted by molar-refractivity contribution is 8.18. The van der Waals surface area contributed by atoms with Crippen molar-refractivity contribution in [2.24, 2.45) is 0 Å². The van der Waals surface area contributed by atoms with Crippen molar-refractivity contribution in [1.82, 2.24) is 29.7 Å². The number of aromatic nitrogens is 5. The SMILES string of the molecule is COc1ccc(-n2cc(CN3C(=O)S/C(=C\c4cn(-c5ccccc5)nc4-c4ccccc4)C3=O)nn2)cc1. The highest BCUT2D eigenvalue weighted by Crippen LogP contribution is 2.35. The van der Waals surface area contributed by atoms with Crippen molar-refractivity contribution in [2.75, 3.05) is 7.11 Å². The molecule has 5 aromatic rings. The molecule has 3 aromatic carbocycles. The van der Waals surface area contributed by atoms with Gasteiger partial charge in [0.2, 0.25) is 0 Å². The van der Waals surface area contributed by atoms with Crippen molar-refractivity contribution < 1.29 is 14.3 Å². The summed E-state index contributed by atoms with van der Waals surface area (Å²) < 4.78 is 8.56. The number of carbonyl (C=O) groups is 2. The van der Waals surface area contributed by atoms with E-state index in [1.807, 2.05) is 91.1 Å². The van der Waals surface area contributed by atoms with Crippen LogP contribution in [0, 0.1) is 0 Å². The maximum absolute atomic E-state index is 13.3. The minimum Gasteiger partial charge on any atom is -0.497 e. The Kier molecular flexibility index (Phi) is 6.52. The number of para-hydroxylation sites is 1. The van der Waals surface area contributed by atoms with Gasteiger partial charge in [0.25, 0.3) is 11.1 Å². The van der Waals surface area contributed by atoms with Gasteiger partial charge in [0.05, 0.1) is 41.8 Å². The van der Waals surface area contributed by atoms with Crippen LogP contribution in [0.15, 0.2) is 102 Å². The molecule has 0 N–H and O–H groups in total. The number of hydrogen-bond acceptors (Lipinski definition) is 7. The fourth-order valence-electron chi connectivity index (χ4n) is 4.20. The summed E-state index contributed by atoms with van der Waals surface area (Å²) in [6.07, 6.45) is 5.30. The van der Waals surface area contributed by atoms with Gasteiger partial charge in [-0.25, -0.2) is 9.36 Å². The van der Waals surface area contributed by atoms with Crippen LogP contribution in [-0.2, 0) is 11.3 Å². The zero-order valence-corrected chi connectivity index (χ0v) is 21.7. The highest BCUT2D eigenvalue weighted by Gasteiger charge is 2.36. The lowest BCUT2D eigenvalue weighted by molar-refractivity contribution is -0.123. The number of amides is 2. The van der Waals surface area contributed by atoms with Crippen molar-refractivity contribution in [3.63, 3.8) is 0 Å². The number of hydrogen-bond donors (Lipinski definition) is 0. The average molecular weight is 535 g/mol. The zero-order valence-electron chi connectivity index (χ0n) is 20.8. The molecule has 39 heavy (non-hydrogen) atoms. The number of rotatable bonds is 7. The summed E-state index contributed by atoms with van der Waals surface area (Å²) in [6.45, 7) is 0.0208. The summed E-state index contributed by atoms with van der Waals surface area (Å²) in [5.41, 5.74) is 4.54. The van der Waals surface area contributed by atoms with Crippen molar-refractivity contribution in [1.29, 1.82) is 0 Å². The standard InChI is InChI=1S/C29H22N6O3S/c1-38-25-14-12-24(13-15-25)35-19-22(30-32-35)18-33-28(36)26(39-29(33)37)16-21-17-34(23-10-6-3-7-11-23)31-27(21)20-8-4-2-5-9-20/h2-17,19H,18H2,1H3/b26-16-. The Balaban J connectivity index is 1.27. The third-order valence-electron chi connectivity index (χ3n) is 6.17. The number of thioether (sulfide) groups is 1. The summed E-state index contributed by atoms with van der Waals surface area (Å²) in [7, 11) is 1.60. The fraction of sp³-hybridized carbons (Fsp3) is 0.0690. The van der Waals surface area contributed by atoms with Crippen LogP contribution >= 0.6 is 11.8 Å². The molecule has 0 spiro atoms. The first-order valence-corrected chi connectivity index (χ1v) is 12.9.